The number of ether oxygens (including phenoxy) is 1. The van der Waals surface area contributed by atoms with Gasteiger partial charge in [0.1, 0.15) is 23.4 Å². The number of rotatable bonds is 5. The van der Waals surface area contributed by atoms with Crippen LogP contribution in [-0.4, -0.2) is 32.3 Å². The Hall–Kier alpha value is -2.87. The minimum Gasteiger partial charge on any atom is -0.444 e. The predicted molar refractivity (Wildman–Crippen MR) is 118 cm³/mol. The van der Waals surface area contributed by atoms with E-state index in [0.29, 0.717) is 18.0 Å². The van der Waals surface area contributed by atoms with Crippen LogP contribution in [0.25, 0.3) is 22.2 Å². The molecule has 8 heteroatoms. The summed E-state index contributed by atoms with van der Waals surface area (Å²) < 4.78 is 8.09. The quantitative estimate of drug-likeness (QED) is 0.548. The Bertz CT molecular complexity index is 1040. The molecule has 0 saturated carbocycles. The van der Waals surface area contributed by atoms with E-state index in [0.717, 1.165) is 21.1 Å². The van der Waals surface area contributed by atoms with Gasteiger partial charge < -0.3 is 20.4 Å². The average Bonchev–Trinajstić information content (AvgIpc) is 2.93. The number of carbonyl (C=O) groups is 1. The summed E-state index contributed by atoms with van der Waals surface area (Å²) in [6, 6.07) is 9.50. The molecule has 3 N–H and O–H groups in total. The first-order valence-electron chi connectivity index (χ1n) is 9.17. The van der Waals surface area contributed by atoms with E-state index in [4.69, 9.17) is 10.5 Å². The van der Waals surface area contributed by atoms with Crippen molar-refractivity contribution < 1.29 is 9.53 Å². The van der Waals surface area contributed by atoms with Crippen LogP contribution in [0.4, 0.5) is 10.6 Å². The number of anilines is 1. The van der Waals surface area contributed by atoms with Crippen molar-refractivity contribution in [3.63, 3.8) is 0 Å². The first-order chi connectivity index (χ1) is 13.7. The van der Waals surface area contributed by atoms with Crippen LogP contribution in [0.2, 0.25) is 0 Å². The molecule has 1 aromatic carbocycles. The van der Waals surface area contributed by atoms with Crippen molar-refractivity contribution in [2.45, 2.75) is 39.0 Å². The summed E-state index contributed by atoms with van der Waals surface area (Å²) in [5.41, 5.74) is 8.17. The molecule has 0 spiro atoms. The van der Waals surface area contributed by atoms with E-state index in [1.54, 1.807) is 6.08 Å². The van der Waals surface area contributed by atoms with Gasteiger partial charge in [-0.2, -0.15) is 0 Å². The van der Waals surface area contributed by atoms with Crippen LogP contribution in [0.15, 0.2) is 53.9 Å². The third-order valence-electron chi connectivity index (χ3n) is 4.23. The van der Waals surface area contributed by atoms with Crippen molar-refractivity contribution >= 4 is 38.9 Å². The van der Waals surface area contributed by atoms with E-state index >= 15 is 0 Å². The van der Waals surface area contributed by atoms with Crippen molar-refractivity contribution in [3.05, 3.63) is 53.9 Å². The van der Waals surface area contributed by atoms with E-state index in [1.807, 2.05) is 55.7 Å². The highest BCUT2D eigenvalue weighted by atomic mass is 79.9. The van der Waals surface area contributed by atoms with Crippen LogP contribution in [0.3, 0.4) is 0 Å². The molecule has 29 heavy (non-hydrogen) atoms. The Morgan fingerprint density at radius 3 is 2.66 bits per heavy atom. The number of carbonyl (C=O) groups excluding carboxylic acids is 1. The molecule has 2 heterocycles. The van der Waals surface area contributed by atoms with Gasteiger partial charge in [-0.1, -0.05) is 36.4 Å². The molecule has 0 unspecified atom stereocenters. The maximum Gasteiger partial charge on any atom is 0.408 e. The summed E-state index contributed by atoms with van der Waals surface area (Å²) in [6.07, 6.45) is 2.58. The zero-order valence-electron chi connectivity index (χ0n) is 16.6. The van der Waals surface area contributed by atoms with Crippen LogP contribution in [0.1, 0.15) is 20.8 Å². The molecule has 0 radical (unpaired) electrons. The fourth-order valence-corrected chi connectivity index (χ4v) is 3.77. The number of hydrogen-bond acceptors (Lipinski definition) is 5. The van der Waals surface area contributed by atoms with E-state index < -0.39 is 11.7 Å². The van der Waals surface area contributed by atoms with Gasteiger partial charge in [-0.15, -0.1) is 6.58 Å². The standard InChI is InChI=1S/C21H24BrN5O2/c1-5-14(26-20(28)29-21(2,3)4)11-27-17(22)15(13-9-7-6-8-10-13)16-18(23)24-12-25-19(16)27/h5-10,12,14H,1,11H2,2-4H3,(H,26,28)(H2,23,24,25)/t14-/m0/s1. The SMILES string of the molecule is C=C[C@@H](Cn1c(Br)c(-c2ccccc2)c2c(N)ncnc21)NC(=O)OC(C)(C)C. The predicted octanol–water partition coefficient (Wildman–Crippen LogP) is 4.52. The zero-order chi connectivity index (χ0) is 21.2. The van der Waals surface area contributed by atoms with Crippen molar-refractivity contribution in [2.24, 2.45) is 0 Å². The minimum absolute atomic E-state index is 0.378. The lowest BCUT2D eigenvalue weighted by Crippen LogP contribution is -2.40. The molecule has 3 aromatic rings. The van der Waals surface area contributed by atoms with Gasteiger partial charge in [0, 0.05) is 12.1 Å². The second-order valence-corrected chi connectivity index (χ2v) is 8.34. The van der Waals surface area contributed by atoms with Gasteiger partial charge in [-0.3, -0.25) is 0 Å². The van der Waals surface area contributed by atoms with Gasteiger partial charge in [0.15, 0.2) is 0 Å². The molecule has 0 aliphatic carbocycles. The molecule has 0 fully saturated rings. The monoisotopic (exact) mass is 457 g/mol. The Kier molecular flexibility index (Phi) is 5.93. The number of alkyl carbamates (subject to hydrolysis) is 1. The van der Waals surface area contributed by atoms with E-state index in [-0.39, 0.29) is 6.04 Å². The molecule has 0 bridgehead atoms. The lowest BCUT2D eigenvalue weighted by atomic mass is 10.1. The third kappa shape index (κ3) is 4.59. The third-order valence-corrected chi connectivity index (χ3v) is 5.06. The number of amides is 1. The van der Waals surface area contributed by atoms with Gasteiger partial charge in [-0.05, 0) is 42.3 Å². The fraction of sp³-hybridized carbons (Fsp3) is 0.286. The number of fused-ring (bicyclic) bond motifs is 1. The molecule has 0 aliphatic rings. The number of nitrogens with one attached hydrogen (secondary N) is 1. The van der Waals surface area contributed by atoms with Crippen LogP contribution < -0.4 is 11.1 Å². The van der Waals surface area contributed by atoms with Crippen LogP contribution >= 0.6 is 15.9 Å². The van der Waals surface area contributed by atoms with Crippen molar-refractivity contribution in [2.75, 3.05) is 5.73 Å². The smallest absolute Gasteiger partial charge is 0.408 e. The molecular weight excluding hydrogens is 434 g/mol. The normalized spacial score (nSPS) is 12.6. The number of hydrogen-bond donors (Lipinski definition) is 2. The van der Waals surface area contributed by atoms with Crippen LogP contribution in [0, 0.1) is 0 Å². The second kappa shape index (κ2) is 8.24. The molecule has 3 rings (SSSR count). The molecule has 1 amide bonds. The number of nitrogens with two attached hydrogens (primary N) is 1. The molecule has 7 nitrogen and oxygen atoms in total. The lowest BCUT2D eigenvalue weighted by Gasteiger charge is -2.22. The van der Waals surface area contributed by atoms with Crippen LogP contribution in [-0.2, 0) is 11.3 Å². The summed E-state index contributed by atoms with van der Waals surface area (Å²) in [4.78, 5) is 20.8. The molecular formula is C21H24BrN5O2. The highest BCUT2D eigenvalue weighted by molar-refractivity contribution is 9.10. The first-order valence-corrected chi connectivity index (χ1v) is 9.96. The van der Waals surface area contributed by atoms with Gasteiger partial charge in [0.05, 0.1) is 16.0 Å². The van der Waals surface area contributed by atoms with Gasteiger partial charge in [0.25, 0.3) is 0 Å². The van der Waals surface area contributed by atoms with Crippen molar-refractivity contribution in [1.29, 1.82) is 0 Å². The maximum atomic E-state index is 12.2. The lowest BCUT2D eigenvalue weighted by molar-refractivity contribution is 0.0511. The number of aromatic nitrogens is 3. The Balaban J connectivity index is 2.02. The summed E-state index contributed by atoms with van der Waals surface area (Å²) in [5, 5.41) is 3.59. The molecule has 2 aromatic heterocycles. The summed E-state index contributed by atoms with van der Waals surface area (Å²) >= 11 is 3.70. The number of nitrogen functional groups attached to an aromatic ring is 1. The summed E-state index contributed by atoms with van der Waals surface area (Å²) in [6.45, 7) is 9.69. The molecule has 0 saturated heterocycles. The first kappa shape index (κ1) is 20.9. The van der Waals surface area contributed by atoms with Gasteiger partial charge in [0.2, 0.25) is 0 Å². The summed E-state index contributed by atoms with van der Waals surface area (Å²) in [7, 11) is 0. The van der Waals surface area contributed by atoms with Gasteiger partial charge in [-0.25, -0.2) is 14.8 Å². The summed E-state index contributed by atoms with van der Waals surface area (Å²) in [5.74, 6) is 0.392. The largest absolute Gasteiger partial charge is 0.444 e. The number of benzene rings is 1. The highest BCUT2D eigenvalue weighted by Gasteiger charge is 2.23. The highest BCUT2D eigenvalue weighted by Crippen LogP contribution is 2.39. The average molecular weight is 458 g/mol. The maximum absolute atomic E-state index is 12.2. The van der Waals surface area contributed by atoms with Gasteiger partial charge >= 0.3 is 6.09 Å². The zero-order valence-corrected chi connectivity index (χ0v) is 18.2. The van der Waals surface area contributed by atoms with E-state index in [2.05, 4.69) is 37.8 Å². The number of nitrogens with zero attached hydrogens (tertiary/aromatic N) is 3. The Labute approximate surface area is 178 Å². The van der Waals surface area contributed by atoms with Crippen molar-refractivity contribution in [3.8, 4) is 11.1 Å². The molecule has 152 valence electrons. The topological polar surface area (TPSA) is 95.1 Å². The fourth-order valence-electron chi connectivity index (χ4n) is 3.03. The van der Waals surface area contributed by atoms with E-state index in [1.165, 1.54) is 6.33 Å². The van der Waals surface area contributed by atoms with Crippen LogP contribution in [0.5, 0.6) is 0 Å². The number of halogens is 1. The Morgan fingerprint density at radius 2 is 2.03 bits per heavy atom. The Morgan fingerprint density at radius 1 is 1.34 bits per heavy atom. The molecule has 1 atom stereocenters. The molecule has 0 aliphatic heterocycles. The van der Waals surface area contributed by atoms with E-state index in [9.17, 15) is 4.79 Å². The minimum atomic E-state index is -0.585. The second-order valence-electron chi connectivity index (χ2n) is 7.59. The van der Waals surface area contributed by atoms with Crippen molar-refractivity contribution in [1.82, 2.24) is 19.9 Å².